The topological polar surface area (TPSA) is 63.3 Å². The summed E-state index contributed by atoms with van der Waals surface area (Å²) in [5.41, 5.74) is 8.40. The zero-order valence-electron chi connectivity index (χ0n) is 7.58. The van der Waals surface area contributed by atoms with Gasteiger partial charge in [0.1, 0.15) is 0 Å². The van der Waals surface area contributed by atoms with Gasteiger partial charge in [-0.2, -0.15) is 0 Å². The van der Waals surface area contributed by atoms with Gasteiger partial charge in [0.25, 0.3) is 0 Å². The first-order valence-corrected chi connectivity index (χ1v) is 4.16. The summed E-state index contributed by atoms with van der Waals surface area (Å²) in [5.74, 6) is -0.767. The standard InChI is InChI=1S/C10H13NO2/c1-7-6-9(11)4-2-8(7)3-5-10(12)13/h2,4,6H,3,5,11H2,1H3,(H,12,13). The molecule has 0 unspecified atom stereocenters. The minimum absolute atomic E-state index is 0.171. The molecule has 0 heterocycles. The van der Waals surface area contributed by atoms with Crippen LogP contribution in [-0.4, -0.2) is 11.1 Å². The Morgan fingerprint density at radius 3 is 2.77 bits per heavy atom. The Bertz CT molecular complexity index is 321. The molecular formula is C10H13NO2. The molecule has 0 atom stereocenters. The van der Waals surface area contributed by atoms with Crippen molar-refractivity contribution in [1.82, 2.24) is 0 Å². The average Bonchev–Trinajstić information content (AvgIpc) is 2.02. The van der Waals surface area contributed by atoms with Crippen molar-refractivity contribution in [3.63, 3.8) is 0 Å². The van der Waals surface area contributed by atoms with E-state index in [9.17, 15) is 4.79 Å². The Morgan fingerprint density at radius 2 is 2.23 bits per heavy atom. The molecule has 1 rings (SSSR count). The summed E-state index contributed by atoms with van der Waals surface area (Å²) in [6.07, 6.45) is 0.742. The first kappa shape index (κ1) is 9.58. The highest BCUT2D eigenvalue weighted by Crippen LogP contribution is 2.13. The number of nitrogen functional groups attached to an aromatic ring is 1. The molecule has 0 bridgehead atoms. The fourth-order valence-corrected chi connectivity index (χ4v) is 1.24. The van der Waals surface area contributed by atoms with Gasteiger partial charge in [0, 0.05) is 12.1 Å². The molecule has 3 heteroatoms. The Kier molecular flexibility index (Phi) is 2.90. The number of carboxylic acids is 1. The zero-order valence-corrected chi connectivity index (χ0v) is 7.58. The molecule has 0 aliphatic rings. The maximum atomic E-state index is 10.3. The van der Waals surface area contributed by atoms with Gasteiger partial charge in [0.15, 0.2) is 0 Å². The smallest absolute Gasteiger partial charge is 0.303 e. The third-order valence-electron chi connectivity index (χ3n) is 1.97. The van der Waals surface area contributed by atoms with Crippen molar-refractivity contribution < 1.29 is 9.90 Å². The van der Waals surface area contributed by atoms with E-state index in [1.165, 1.54) is 0 Å². The van der Waals surface area contributed by atoms with Gasteiger partial charge in [-0.3, -0.25) is 4.79 Å². The largest absolute Gasteiger partial charge is 0.481 e. The number of hydrogen-bond donors (Lipinski definition) is 2. The van der Waals surface area contributed by atoms with E-state index < -0.39 is 5.97 Å². The second kappa shape index (κ2) is 3.94. The molecule has 0 spiro atoms. The van der Waals surface area contributed by atoms with Crippen molar-refractivity contribution in [1.29, 1.82) is 0 Å². The summed E-state index contributed by atoms with van der Waals surface area (Å²) >= 11 is 0. The molecule has 70 valence electrons. The van der Waals surface area contributed by atoms with Crippen LogP contribution in [0.3, 0.4) is 0 Å². The van der Waals surface area contributed by atoms with Gasteiger partial charge in [-0.1, -0.05) is 6.07 Å². The molecule has 0 fully saturated rings. The number of carbonyl (C=O) groups is 1. The van der Waals surface area contributed by atoms with E-state index in [1.807, 2.05) is 19.1 Å². The van der Waals surface area contributed by atoms with Gasteiger partial charge in [0.05, 0.1) is 0 Å². The number of hydrogen-bond acceptors (Lipinski definition) is 2. The lowest BCUT2D eigenvalue weighted by molar-refractivity contribution is -0.136. The van der Waals surface area contributed by atoms with Gasteiger partial charge >= 0.3 is 5.97 Å². The molecule has 0 saturated heterocycles. The lowest BCUT2D eigenvalue weighted by atomic mass is 10.0. The summed E-state index contributed by atoms with van der Waals surface area (Å²) in [7, 11) is 0. The van der Waals surface area contributed by atoms with Crippen LogP contribution in [-0.2, 0) is 11.2 Å². The molecule has 0 aliphatic heterocycles. The van der Waals surface area contributed by atoms with E-state index in [1.54, 1.807) is 6.07 Å². The fraction of sp³-hybridized carbons (Fsp3) is 0.300. The molecule has 1 aromatic rings. The van der Waals surface area contributed by atoms with Crippen LogP contribution in [0.2, 0.25) is 0 Å². The van der Waals surface area contributed by atoms with Crippen LogP contribution >= 0.6 is 0 Å². The van der Waals surface area contributed by atoms with Gasteiger partial charge in [-0.25, -0.2) is 0 Å². The summed E-state index contributed by atoms with van der Waals surface area (Å²) < 4.78 is 0. The molecule has 0 aromatic heterocycles. The normalized spacial score (nSPS) is 9.92. The predicted octanol–water partition coefficient (Wildman–Crippen LogP) is 1.59. The van der Waals surface area contributed by atoms with Crippen molar-refractivity contribution in [2.75, 3.05) is 5.73 Å². The second-order valence-corrected chi connectivity index (χ2v) is 3.08. The third kappa shape index (κ3) is 2.78. The van der Waals surface area contributed by atoms with E-state index in [4.69, 9.17) is 10.8 Å². The summed E-state index contributed by atoms with van der Waals surface area (Å²) in [5, 5.41) is 8.50. The van der Waals surface area contributed by atoms with E-state index >= 15 is 0 Å². The van der Waals surface area contributed by atoms with E-state index in [2.05, 4.69) is 0 Å². The molecule has 13 heavy (non-hydrogen) atoms. The second-order valence-electron chi connectivity index (χ2n) is 3.08. The highest BCUT2D eigenvalue weighted by Gasteiger charge is 2.01. The SMILES string of the molecule is Cc1cc(N)ccc1CCC(=O)O. The Labute approximate surface area is 77.2 Å². The number of aryl methyl sites for hydroxylation is 2. The molecular weight excluding hydrogens is 166 g/mol. The number of anilines is 1. The maximum Gasteiger partial charge on any atom is 0.303 e. The minimum Gasteiger partial charge on any atom is -0.481 e. The highest BCUT2D eigenvalue weighted by molar-refractivity contribution is 5.67. The van der Waals surface area contributed by atoms with Crippen molar-refractivity contribution in [3.8, 4) is 0 Å². The Balaban J connectivity index is 2.72. The quantitative estimate of drug-likeness (QED) is 0.692. The van der Waals surface area contributed by atoms with Crippen LogP contribution in [0.1, 0.15) is 17.5 Å². The van der Waals surface area contributed by atoms with Crippen LogP contribution in [0.5, 0.6) is 0 Å². The molecule has 3 nitrogen and oxygen atoms in total. The van der Waals surface area contributed by atoms with Crippen LogP contribution in [0.15, 0.2) is 18.2 Å². The Morgan fingerprint density at radius 1 is 1.54 bits per heavy atom. The predicted molar refractivity (Wildman–Crippen MR) is 51.5 cm³/mol. The number of rotatable bonds is 3. The van der Waals surface area contributed by atoms with E-state index in [-0.39, 0.29) is 6.42 Å². The van der Waals surface area contributed by atoms with Crippen molar-refractivity contribution in [2.24, 2.45) is 0 Å². The first-order valence-electron chi connectivity index (χ1n) is 4.16. The zero-order chi connectivity index (χ0) is 9.84. The van der Waals surface area contributed by atoms with Gasteiger partial charge in [0.2, 0.25) is 0 Å². The fourth-order valence-electron chi connectivity index (χ4n) is 1.24. The number of nitrogens with two attached hydrogens (primary N) is 1. The van der Waals surface area contributed by atoms with Crippen molar-refractivity contribution in [2.45, 2.75) is 19.8 Å². The lowest BCUT2D eigenvalue weighted by Gasteiger charge is -2.04. The van der Waals surface area contributed by atoms with E-state index in [0.717, 1.165) is 16.8 Å². The van der Waals surface area contributed by atoms with Crippen LogP contribution in [0.25, 0.3) is 0 Å². The molecule has 3 N–H and O–H groups in total. The van der Waals surface area contributed by atoms with Gasteiger partial charge in [-0.05, 0) is 36.6 Å². The molecule has 0 amide bonds. The van der Waals surface area contributed by atoms with E-state index in [0.29, 0.717) is 6.42 Å². The third-order valence-corrected chi connectivity index (χ3v) is 1.97. The van der Waals surface area contributed by atoms with Crippen molar-refractivity contribution in [3.05, 3.63) is 29.3 Å². The summed E-state index contributed by atoms with van der Waals surface area (Å²) in [6, 6.07) is 5.54. The molecule has 1 aromatic carbocycles. The lowest BCUT2D eigenvalue weighted by Crippen LogP contribution is -1.99. The summed E-state index contributed by atoms with van der Waals surface area (Å²) in [6.45, 7) is 1.94. The first-order chi connectivity index (χ1) is 6.09. The minimum atomic E-state index is -0.767. The number of benzene rings is 1. The number of carboxylic acid groups (broad SMARTS) is 1. The highest BCUT2D eigenvalue weighted by atomic mass is 16.4. The number of aliphatic carboxylic acids is 1. The molecule has 0 radical (unpaired) electrons. The van der Waals surface area contributed by atoms with Crippen molar-refractivity contribution >= 4 is 11.7 Å². The van der Waals surface area contributed by atoms with Gasteiger partial charge < -0.3 is 10.8 Å². The Hall–Kier alpha value is -1.51. The molecule has 0 aliphatic carbocycles. The monoisotopic (exact) mass is 179 g/mol. The maximum absolute atomic E-state index is 10.3. The van der Waals surface area contributed by atoms with Crippen LogP contribution in [0, 0.1) is 6.92 Å². The molecule has 0 saturated carbocycles. The van der Waals surface area contributed by atoms with Gasteiger partial charge in [-0.15, -0.1) is 0 Å². The summed E-state index contributed by atoms with van der Waals surface area (Å²) in [4.78, 5) is 10.3. The van der Waals surface area contributed by atoms with Crippen LogP contribution in [0.4, 0.5) is 5.69 Å². The average molecular weight is 179 g/mol. The van der Waals surface area contributed by atoms with Crippen LogP contribution < -0.4 is 5.73 Å².